The van der Waals surface area contributed by atoms with Gasteiger partial charge in [0.15, 0.2) is 0 Å². The van der Waals surface area contributed by atoms with Crippen molar-refractivity contribution < 1.29 is 4.79 Å². The lowest BCUT2D eigenvalue weighted by atomic mass is 10.2. The van der Waals surface area contributed by atoms with Gasteiger partial charge in [-0.05, 0) is 18.6 Å². The zero-order valence-electron chi connectivity index (χ0n) is 11.9. The number of hydrogen-bond acceptors (Lipinski definition) is 6. The Hall–Kier alpha value is -2.61. The van der Waals surface area contributed by atoms with E-state index >= 15 is 0 Å². The molecule has 0 fully saturated rings. The van der Waals surface area contributed by atoms with Crippen LogP contribution in [0.25, 0.3) is 5.82 Å². The second-order valence-corrected chi connectivity index (χ2v) is 5.64. The first kappa shape index (κ1) is 14.3. The summed E-state index contributed by atoms with van der Waals surface area (Å²) < 4.78 is 1.77. The lowest BCUT2D eigenvalue weighted by Gasteiger charge is -2.03. The molecular weight excluding hydrogens is 300 g/mol. The van der Waals surface area contributed by atoms with Gasteiger partial charge in [-0.1, -0.05) is 18.3 Å². The maximum absolute atomic E-state index is 12.1. The number of hydrogen-bond donors (Lipinski definition) is 1. The molecule has 0 atom stereocenters. The van der Waals surface area contributed by atoms with Crippen molar-refractivity contribution in [1.82, 2.24) is 24.7 Å². The van der Waals surface area contributed by atoms with Gasteiger partial charge in [-0.25, -0.2) is 9.97 Å². The molecule has 0 aliphatic carbocycles. The Morgan fingerprint density at radius 2 is 2.27 bits per heavy atom. The van der Waals surface area contributed by atoms with E-state index in [1.54, 1.807) is 35.4 Å². The maximum atomic E-state index is 12.1. The lowest BCUT2D eigenvalue weighted by molar-refractivity contribution is 0.102. The van der Waals surface area contributed by atoms with Gasteiger partial charge in [0, 0.05) is 25.0 Å². The van der Waals surface area contributed by atoms with Crippen LogP contribution in [0.3, 0.4) is 0 Å². The van der Waals surface area contributed by atoms with Gasteiger partial charge in [0.2, 0.25) is 5.13 Å². The van der Waals surface area contributed by atoms with E-state index in [9.17, 15) is 4.79 Å². The Balaban J connectivity index is 1.69. The average molecular weight is 314 g/mol. The highest BCUT2D eigenvalue weighted by molar-refractivity contribution is 7.15. The molecule has 0 bridgehead atoms. The molecular formula is C14H14N6OS. The van der Waals surface area contributed by atoms with E-state index in [0.717, 1.165) is 17.8 Å². The van der Waals surface area contributed by atoms with E-state index in [2.05, 4.69) is 32.4 Å². The molecule has 112 valence electrons. The van der Waals surface area contributed by atoms with Crippen LogP contribution in [-0.4, -0.2) is 30.6 Å². The molecule has 8 heteroatoms. The molecule has 0 saturated heterocycles. The normalized spacial score (nSPS) is 10.6. The van der Waals surface area contributed by atoms with E-state index in [0.29, 0.717) is 16.5 Å². The van der Waals surface area contributed by atoms with Crippen molar-refractivity contribution in [1.29, 1.82) is 0 Å². The van der Waals surface area contributed by atoms with E-state index in [-0.39, 0.29) is 5.91 Å². The summed E-state index contributed by atoms with van der Waals surface area (Å²) in [5.74, 6) is 0.457. The van der Waals surface area contributed by atoms with Crippen molar-refractivity contribution in [2.24, 2.45) is 0 Å². The van der Waals surface area contributed by atoms with E-state index in [4.69, 9.17) is 0 Å². The summed E-state index contributed by atoms with van der Waals surface area (Å²) >= 11 is 1.39. The second kappa shape index (κ2) is 6.44. The van der Waals surface area contributed by atoms with Crippen LogP contribution in [0.15, 0.2) is 37.1 Å². The first-order chi connectivity index (χ1) is 10.8. The minimum absolute atomic E-state index is 0.246. The Morgan fingerprint density at radius 3 is 2.95 bits per heavy atom. The number of amides is 1. The van der Waals surface area contributed by atoms with Crippen LogP contribution in [0.2, 0.25) is 0 Å². The Kier molecular flexibility index (Phi) is 4.19. The highest BCUT2D eigenvalue weighted by Crippen LogP contribution is 2.17. The number of aryl methyl sites for hydroxylation is 1. The number of aromatic nitrogens is 5. The van der Waals surface area contributed by atoms with Gasteiger partial charge < -0.3 is 0 Å². The highest BCUT2D eigenvalue weighted by Gasteiger charge is 2.10. The fourth-order valence-electron chi connectivity index (χ4n) is 1.86. The molecule has 0 saturated carbocycles. The summed E-state index contributed by atoms with van der Waals surface area (Å²) in [5.41, 5.74) is 0.469. The summed E-state index contributed by atoms with van der Waals surface area (Å²) in [5, 5.41) is 12.2. The molecule has 22 heavy (non-hydrogen) atoms. The number of carbonyl (C=O) groups excluding carboxylic acids is 1. The van der Waals surface area contributed by atoms with E-state index < -0.39 is 0 Å². The lowest BCUT2D eigenvalue weighted by Crippen LogP contribution is -2.12. The first-order valence-corrected chi connectivity index (χ1v) is 7.66. The predicted octanol–water partition coefficient (Wildman–Crippen LogP) is 2.32. The largest absolute Gasteiger partial charge is 0.296 e. The molecule has 0 spiro atoms. The fourth-order valence-corrected chi connectivity index (χ4v) is 2.69. The van der Waals surface area contributed by atoms with Crippen LogP contribution >= 0.6 is 11.3 Å². The Labute approximate surface area is 131 Å². The molecule has 1 N–H and O–H groups in total. The first-order valence-electron chi connectivity index (χ1n) is 6.84. The summed E-state index contributed by atoms with van der Waals surface area (Å²) in [6.45, 7) is 2.08. The van der Waals surface area contributed by atoms with Gasteiger partial charge in [0.05, 0.1) is 5.56 Å². The van der Waals surface area contributed by atoms with Crippen LogP contribution in [0.1, 0.15) is 28.7 Å². The van der Waals surface area contributed by atoms with Crippen molar-refractivity contribution in [3.63, 3.8) is 0 Å². The zero-order chi connectivity index (χ0) is 15.4. The van der Waals surface area contributed by atoms with Crippen molar-refractivity contribution in [3.05, 3.63) is 47.6 Å². The minimum atomic E-state index is -0.246. The Morgan fingerprint density at radius 1 is 1.36 bits per heavy atom. The zero-order valence-corrected chi connectivity index (χ0v) is 12.7. The van der Waals surface area contributed by atoms with Crippen LogP contribution in [0.5, 0.6) is 0 Å². The highest BCUT2D eigenvalue weighted by atomic mass is 32.1. The van der Waals surface area contributed by atoms with Crippen molar-refractivity contribution in [2.75, 3.05) is 5.32 Å². The van der Waals surface area contributed by atoms with Crippen LogP contribution < -0.4 is 5.32 Å². The van der Waals surface area contributed by atoms with Gasteiger partial charge in [0.1, 0.15) is 17.2 Å². The number of pyridine rings is 1. The number of imidazole rings is 1. The van der Waals surface area contributed by atoms with Crippen LogP contribution in [0.4, 0.5) is 5.13 Å². The molecule has 3 aromatic heterocycles. The number of nitrogens with one attached hydrogen (secondary N) is 1. The molecule has 3 heterocycles. The van der Waals surface area contributed by atoms with E-state index in [1.165, 1.54) is 17.5 Å². The summed E-state index contributed by atoms with van der Waals surface area (Å²) in [6, 6.07) is 3.48. The third-order valence-corrected chi connectivity index (χ3v) is 3.83. The summed E-state index contributed by atoms with van der Waals surface area (Å²) in [6.07, 6.45) is 8.51. The smallest absolute Gasteiger partial charge is 0.259 e. The van der Waals surface area contributed by atoms with Crippen molar-refractivity contribution in [2.45, 2.75) is 19.8 Å². The third kappa shape index (κ3) is 3.17. The van der Waals surface area contributed by atoms with Gasteiger partial charge in [-0.2, -0.15) is 0 Å². The fraction of sp³-hybridized carbons (Fsp3) is 0.214. The number of carbonyl (C=O) groups is 1. The molecule has 0 aliphatic rings. The molecule has 0 aromatic carbocycles. The maximum Gasteiger partial charge on any atom is 0.259 e. The van der Waals surface area contributed by atoms with Crippen LogP contribution in [-0.2, 0) is 6.42 Å². The molecule has 3 rings (SSSR count). The van der Waals surface area contributed by atoms with Crippen molar-refractivity contribution >= 4 is 22.4 Å². The van der Waals surface area contributed by atoms with E-state index in [1.807, 2.05) is 0 Å². The SMILES string of the molecule is CCCc1nnc(NC(=O)c2ccc(-n3ccnc3)nc2)s1. The Bertz CT molecular complexity index is 750. The monoisotopic (exact) mass is 314 g/mol. The van der Waals surface area contributed by atoms with Gasteiger partial charge in [-0.3, -0.25) is 14.7 Å². The van der Waals surface area contributed by atoms with Crippen LogP contribution in [0, 0.1) is 0 Å². The number of rotatable bonds is 5. The molecule has 0 unspecified atom stereocenters. The average Bonchev–Trinajstić information content (AvgIpc) is 3.20. The number of nitrogens with zero attached hydrogens (tertiary/aromatic N) is 5. The van der Waals surface area contributed by atoms with Crippen molar-refractivity contribution in [3.8, 4) is 5.82 Å². The number of anilines is 1. The molecule has 0 radical (unpaired) electrons. The summed E-state index contributed by atoms with van der Waals surface area (Å²) in [7, 11) is 0. The summed E-state index contributed by atoms with van der Waals surface area (Å²) in [4.78, 5) is 20.4. The quantitative estimate of drug-likeness (QED) is 0.781. The van der Waals surface area contributed by atoms with Gasteiger partial charge >= 0.3 is 0 Å². The van der Waals surface area contributed by atoms with Gasteiger partial charge in [0.25, 0.3) is 5.91 Å². The standard InChI is InChI=1S/C14H14N6OS/c1-2-3-12-18-19-14(22-12)17-13(21)10-4-5-11(16-8-10)20-7-6-15-9-20/h4-9H,2-3H2,1H3,(H,17,19,21). The molecule has 7 nitrogen and oxygen atoms in total. The third-order valence-electron chi connectivity index (χ3n) is 2.93. The second-order valence-electron chi connectivity index (χ2n) is 4.58. The predicted molar refractivity (Wildman–Crippen MR) is 83.2 cm³/mol. The molecule has 0 aliphatic heterocycles. The van der Waals surface area contributed by atoms with Gasteiger partial charge in [-0.15, -0.1) is 10.2 Å². The molecule has 3 aromatic rings. The topological polar surface area (TPSA) is 85.6 Å². The minimum Gasteiger partial charge on any atom is -0.296 e. The molecule has 1 amide bonds.